The average Bonchev–Trinajstić information content (AvgIpc) is 2.65. The van der Waals surface area contributed by atoms with Gasteiger partial charge in [-0.25, -0.2) is 0 Å². The number of hydrogen-bond donors (Lipinski definition) is 0. The molecule has 0 bridgehead atoms. The summed E-state index contributed by atoms with van der Waals surface area (Å²) < 4.78 is 0. The number of fused-ring (bicyclic) bond motifs is 1. The second kappa shape index (κ2) is 4.19. The van der Waals surface area contributed by atoms with Gasteiger partial charge < -0.3 is 0 Å². The lowest BCUT2D eigenvalue weighted by atomic mass is 9.71. The number of carbonyl (C=O) groups excluding carboxylic acids is 2. The van der Waals surface area contributed by atoms with Crippen molar-refractivity contribution in [3.05, 3.63) is 30.1 Å². The standard InChI is InChI=1S/C14H16N2O2/c1-16-13(17)11-6-2-5-10(12(11)14(16)18)9-4-3-7-15-8-9/h3-4,7-8,10-12H,2,5-6H2,1H3/t10-,11+,12-/m0/s1. The number of aromatic nitrogens is 1. The van der Waals surface area contributed by atoms with E-state index in [2.05, 4.69) is 4.98 Å². The van der Waals surface area contributed by atoms with E-state index in [1.54, 1.807) is 13.2 Å². The molecule has 0 N–H and O–H groups in total. The number of likely N-dealkylation sites (tertiary alicyclic amines) is 1. The molecule has 1 saturated heterocycles. The summed E-state index contributed by atoms with van der Waals surface area (Å²) in [5, 5.41) is 0. The van der Waals surface area contributed by atoms with Crippen LogP contribution in [0, 0.1) is 11.8 Å². The maximum atomic E-state index is 12.2. The minimum atomic E-state index is -0.166. The summed E-state index contributed by atoms with van der Waals surface area (Å²) in [6.45, 7) is 0. The lowest BCUT2D eigenvalue weighted by Gasteiger charge is -2.30. The van der Waals surface area contributed by atoms with E-state index in [9.17, 15) is 9.59 Å². The van der Waals surface area contributed by atoms with Crippen molar-refractivity contribution in [2.75, 3.05) is 7.05 Å². The van der Waals surface area contributed by atoms with Crippen molar-refractivity contribution < 1.29 is 9.59 Å². The predicted octanol–water partition coefficient (Wildman–Crippen LogP) is 1.58. The predicted molar refractivity (Wildman–Crippen MR) is 65.6 cm³/mol. The molecule has 2 heterocycles. The first-order valence-corrected chi connectivity index (χ1v) is 6.41. The van der Waals surface area contributed by atoms with Crippen LogP contribution in [0.4, 0.5) is 0 Å². The largest absolute Gasteiger partial charge is 0.285 e. The van der Waals surface area contributed by atoms with Gasteiger partial charge in [-0.15, -0.1) is 0 Å². The topological polar surface area (TPSA) is 50.3 Å². The highest BCUT2D eigenvalue weighted by Crippen LogP contribution is 2.45. The maximum Gasteiger partial charge on any atom is 0.233 e. The van der Waals surface area contributed by atoms with Gasteiger partial charge in [0.2, 0.25) is 11.8 Å². The minimum absolute atomic E-state index is 0.00131. The first-order chi connectivity index (χ1) is 8.70. The number of rotatable bonds is 1. The highest BCUT2D eigenvalue weighted by atomic mass is 16.2. The fraction of sp³-hybridized carbons (Fsp3) is 0.500. The van der Waals surface area contributed by atoms with E-state index in [-0.39, 0.29) is 29.6 Å². The van der Waals surface area contributed by atoms with E-state index in [1.807, 2.05) is 18.3 Å². The van der Waals surface area contributed by atoms with Crippen LogP contribution in [-0.4, -0.2) is 28.7 Å². The van der Waals surface area contributed by atoms with E-state index in [0.717, 1.165) is 24.8 Å². The smallest absolute Gasteiger partial charge is 0.233 e. The number of imide groups is 1. The SMILES string of the molecule is CN1C(=O)[C@@H]2[C@@H](CCC[C@H]2c2cccnc2)C1=O. The van der Waals surface area contributed by atoms with E-state index >= 15 is 0 Å². The molecule has 1 aromatic rings. The molecular formula is C14H16N2O2. The number of carbonyl (C=O) groups is 2. The Labute approximate surface area is 106 Å². The third-order valence-corrected chi connectivity index (χ3v) is 4.27. The van der Waals surface area contributed by atoms with Crippen molar-refractivity contribution in [1.29, 1.82) is 0 Å². The molecule has 3 atom stereocenters. The molecule has 1 saturated carbocycles. The number of nitrogens with zero attached hydrogens (tertiary/aromatic N) is 2. The van der Waals surface area contributed by atoms with E-state index in [1.165, 1.54) is 4.90 Å². The van der Waals surface area contributed by atoms with Crippen molar-refractivity contribution in [2.45, 2.75) is 25.2 Å². The van der Waals surface area contributed by atoms with Crippen LogP contribution in [-0.2, 0) is 9.59 Å². The van der Waals surface area contributed by atoms with Gasteiger partial charge in [0.05, 0.1) is 11.8 Å². The monoisotopic (exact) mass is 244 g/mol. The van der Waals surface area contributed by atoms with Gasteiger partial charge in [-0.2, -0.15) is 0 Å². The molecule has 18 heavy (non-hydrogen) atoms. The second-order valence-electron chi connectivity index (χ2n) is 5.19. The van der Waals surface area contributed by atoms with Gasteiger partial charge in [0.15, 0.2) is 0 Å². The van der Waals surface area contributed by atoms with Crippen LogP contribution >= 0.6 is 0 Å². The van der Waals surface area contributed by atoms with Crippen molar-refractivity contribution in [3.63, 3.8) is 0 Å². The highest BCUT2D eigenvalue weighted by Gasteiger charge is 2.51. The lowest BCUT2D eigenvalue weighted by molar-refractivity contribution is -0.138. The molecule has 2 aliphatic rings. The molecule has 0 radical (unpaired) electrons. The van der Waals surface area contributed by atoms with Gasteiger partial charge in [-0.05, 0) is 30.4 Å². The molecular weight excluding hydrogens is 228 g/mol. The fourth-order valence-corrected chi connectivity index (χ4v) is 3.37. The average molecular weight is 244 g/mol. The minimum Gasteiger partial charge on any atom is -0.285 e. The summed E-state index contributed by atoms with van der Waals surface area (Å²) >= 11 is 0. The summed E-state index contributed by atoms with van der Waals surface area (Å²) in [6.07, 6.45) is 6.38. The highest BCUT2D eigenvalue weighted by molar-refractivity contribution is 6.05. The number of hydrogen-bond acceptors (Lipinski definition) is 3. The van der Waals surface area contributed by atoms with Gasteiger partial charge in [-0.1, -0.05) is 12.5 Å². The van der Waals surface area contributed by atoms with Gasteiger partial charge in [0.1, 0.15) is 0 Å². The summed E-state index contributed by atoms with van der Waals surface area (Å²) in [4.78, 5) is 29.7. The molecule has 1 aliphatic heterocycles. The zero-order chi connectivity index (χ0) is 12.7. The summed E-state index contributed by atoms with van der Waals surface area (Å²) in [7, 11) is 1.60. The summed E-state index contributed by atoms with van der Waals surface area (Å²) in [5.74, 6) is -0.141. The Kier molecular flexibility index (Phi) is 2.65. The number of amides is 2. The van der Waals surface area contributed by atoms with E-state index in [4.69, 9.17) is 0 Å². The molecule has 0 spiro atoms. The van der Waals surface area contributed by atoms with Gasteiger partial charge in [-0.3, -0.25) is 19.5 Å². The quantitative estimate of drug-likeness (QED) is 0.705. The molecule has 94 valence electrons. The first kappa shape index (κ1) is 11.4. The van der Waals surface area contributed by atoms with Gasteiger partial charge >= 0.3 is 0 Å². The Balaban J connectivity index is 1.97. The molecule has 1 aliphatic carbocycles. The molecule has 4 nitrogen and oxygen atoms in total. The van der Waals surface area contributed by atoms with Crippen LogP contribution in [0.5, 0.6) is 0 Å². The maximum absolute atomic E-state index is 12.2. The van der Waals surface area contributed by atoms with Crippen LogP contribution in [0.25, 0.3) is 0 Å². The van der Waals surface area contributed by atoms with Crippen LogP contribution in [0.1, 0.15) is 30.7 Å². The normalized spacial score (nSPS) is 31.6. The van der Waals surface area contributed by atoms with Crippen molar-refractivity contribution in [1.82, 2.24) is 9.88 Å². The Morgan fingerprint density at radius 3 is 2.72 bits per heavy atom. The zero-order valence-electron chi connectivity index (χ0n) is 10.4. The molecule has 3 rings (SSSR count). The van der Waals surface area contributed by atoms with Crippen molar-refractivity contribution >= 4 is 11.8 Å². The summed E-state index contributed by atoms with van der Waals surface area (Å²) in [6, 6.07) is 3.90. The Morgan fingerprint density at radius 2 is 2.00 bits per heavy atom. The van der Waals surface area contributed by atoms with E-state index in [0.29, 0.717) is 0 Å². The Bertz CT molecular complexity index is 486. The molecule has 1 aromatic heterocycles. The van der Waals surface area contributed by atoms with Crippen LogP contribution in [0.15, 0.2) is 24.5 Å². The Hall–Kier alpha value is -1.71. The van der Waals surface area contributed by atoms with E-state index < -0.39 is 0 Å². The second-order valence-corrected chi connectivity index (χ2v) is 5.19. The summed E-state index contributed by atoms with van der Waals surface area (Å²) in [5.41, 5.74) is 1.09. The molecule has 0 aromatic carbocycles. The van der Waals surface area contributed by atoms with Crippen LogP contribution in [0.3, 0.4) is 0 Å². The fourth-order valence-electron chi connectivity index (χ4n) is 3.37. The number of pyridine rings is 1. The van der Waals surface area contributed by atoms with Crippen LogP contribution in [0.2, 0.25) is 0 Å². The molecule has 4 heteroatoms. The van der Waals surface area contributed by atoms with Crippen molar-refractivity contribution in [2.24, 2.45) is 11.8 Å². The zero-order valence-corrected chi connectivity index (χ0v) is 10.4. The van der Waals surface area contributed by atoms with Gasteiger partial charge in [0, 0.05) is 19.4 Å². The van der Waals surface area contributed by atoms with Gasteiger partial charge in [0.25, 0.3) is 0 Å². The van der Waals surface area contributed by atoms with Crippen molar-refractivity contribution in [3.8, 4) is 0 Å². The van der Waals surface area contributed by atoms with Crippen LogP contribution < -0.4 is 0 Å². The third kappa shape index (κ3) is 1.55. The Morgan fingerprint density at radius 1 is 1.22 bits per heavy atom. The lowest BCUT2D eigenvalue weighted by Crippen LogP contribution is -2.29. The third-order valence-electron chi connectivity index (χ3n) is 4.27. The molecule has 0 unspecified atom stereocenters. The molecule has 2 amide bonds. The first-order valence-electron chi connectivity index (χ1n) is 6.41. The molecule has 2 fully saturated rings.